The van der Waals surface area contributed by atoms with E-state index >= 15 is 0 Å². The quantitative estimate of drug-likeness (QED) is 0.624. The molecule has 1 aromatic heterocycles. The van der Waals surface area contributed by atoms with Crippen LogP contribution in [0.15, 0.2) is 52.1 Å². The largest absolute Gasteiger partial charge is 0.496 e. The molecule has 0 aliphatic carbocycles. The summed E-state index contributed by atoms with van der Waals surface area (Å²) >= 11 is 1.34. The first kappa shape index (κ1) is 16.3. The van der Waals surface area contributed by atoms with E-state index in [1.165, 1.54) is 24.9 Å². The lowest BCUT2D eigenvalue weighted by Crippen LogP contribution is -1.90. The normalized spacial score (nSPS) is 10.6. The van der Waals surface area contributed by atoms with Gasteiger partial charge in [-0.15, -0.1) is 10.2 Å². The van der Waals surface area contributed by atoms with Crippen molar-refractivity contribution in [2.75, 3.05) is 14.2 Å². The highest BCUT2D eigenvalue weighted by molar-refractivity contribution is 7.98. The maximum Gasteiger partial charge on any atom is 0.277 e. The summed E-state index contributed by atoms with van der Waals surface area (Å²) in [6.07, 6.45) is 0. The molecular weight excluding hydrogens is 331 g/mol. The molecule has 0 aliphatic heterocycles. The average molecular weight is 346 g/mol. The number of thioether (sulfide) groups is 1. The van der Waals surface area contributed by atoms with Gasteiger partial charge in [-0.2, -0.15) is 0 Å². The first-order valence-corrected chi connectivity index (χ1v) is 8.12. The number of hydrogen-bond donors (Lipinski definition) is 0. The molecule has 0 fully saturated rings. The summed E-state index contributed by atoms with van der Waals surface area (Å²) in [5.74, 6) is 1.38. The van der Waals surface area contributed by atoms with Crippen molar-refractivity contribution in [1.82, 2.24) is 10.2 Å². The Hall–Kier alpha value is -2.54. The molecule has 5 nitrogen and oxygen atoms in total. The smallest absolute Gasteiger partial charge is 0.277 e. The van der Waals surface area contributed by atoms with Gasteiger partial charge in [-0.1, -0.05) is 30.0 Å². The molecule has 0 amide bonds. The van der Waals surface area contributed by atoms with Gasteiger partial charge in [-0.05, 0) is 29.8 Å². The molecule has 7 heteroatoms. The summed E-state index contributed by atoms with van der Waals surface area (Å²) in [6, 6.07) is 12.2. The van der Waals surface area contributed by atoms with Gasteiger partial charge in [0.25, 0.3) is 11.1 Å². The van der Waals surface area contributed by atoms with E-state index in [-0.39, 0.29) is 5.75 Å². The number of aromatic nitrogens is 2. The van der Waals surface area contributed by atoms with Crippen LogP contribution in [-0.2, 0) is 5.75 Å². The Morgan fingerprint density at radius 2 is 1.83 bits per heavy atom. The van der Waals surface area contributed by atoms with Crippen LogP contribution in [0.4, 0.5) is 4.39 Å². The van der Waals surface area contributed by atoms with Crippen molar-refractivity contribution in [2.24, 2.45) is 0 Å². The molecular formula is C17H15FN2O3S. The predicted octanol–water partition coefficient (Wildman–Crippen LogP) is 4.19. The van der Waals surface area contributed by atoms with E-state index < -0.39 is 5.82 Å². The Labute approximate surface area is 142 Å². The van der Waals surface area contributed by atoms with E-state index in [4.69, 9.17) is 13.9 Å². The summed E-state index contributed by atoms with van der Waals surface area (Å²) < 4.78 is 29.5. The van der Waals surface area contributed by atoms with Crippen molar-refractivity contribution in [2.45, 2.75) is 11.0 Å². The molecule has 124 valence electrons. The van der Waals surface area contributed by atoms with Gasteiger partial charge < -0.3 is 13.9 Å². The molecule has 3 aromatic rings. The minimum Gasteiger partial charge on any atom is -0.496 e. The highest BCUT2D eigenvalue weighted by Gasteiger charge is 2.13. The Morgan fingerprint density at radius 1 is 1.04 bits per heavy atom. The second kappa shape index (κ2) is 7.35. The maximum absolute atomic E-state index is 13.7. The van der Waals surface area contributed by atoms with E-state index in [1.807, 2.05) is 24.3 Å². The van der Waals surface area contributed by atoms with Crippen LogP contribution in [-0.4, -0.2) is 24.4 Å². The number of para-hydroxylation sites is 1. The Morgan fingerprint density at radius 3 is 2.58 bits per heavy atom. The van der Waals surface area contributed by atoms with Gasteiger partial charge in [-0.3, -0.25) is 0 Å². The second-order valence-electron chi connectivity index (χ2n) is 4.83. The number of hydrogen-bond acceptors (Lipinski definition) is 6. The molecule has 0 unspecified atom stereocenters. The first-order valence-electron chi connectivity index (χ1n) is 7.13. The van der Waals surface area contributed by atoms with E-state index in [0.717, 1.165) is 11.1 Å². The number of methoxy groups -OCH3 is 2. The zero-order valence-electron chi connectivity index (χ0n) is 13.2. The number of rotatable bonds is 6. The summed E-state index contributed by atoms with van der Waals surface area (Å²) in [7, 11) is 3.02. The van der Waals surface area contributed by atoms with E-state index in [9.17, 15) is 4.39 Å². The first-order chi connectivity index (χ1) is 11.7. The molecule has 0 N–H and O–H groups in total. The van der Waals surface area contributed by atoms with E-state index in [1.54, 1.807) is 19.2 Å². The molecule has 0 atom stereocenters. The highest BCUT2D eigenvalue weighted by atomic mass is 32.2. The second-order valence-corrected chi connectivity index (χ2v) is 5.76. The molecule has 3 rings (SSSR count). The van der Waals surface area contributed by atoms with Crippen molar-refractivity contribution >= 4 is 11.8 Å². The molecule has 0 saturated heterocycles. The van der Waals surface area contributed by atoms with Crippen LogP contribution >= 0.6 is 11.8 Å². The van der Waals surface area contributed by atoms with Gasteiger partial charge in [0, 0.05) is 5.75 Å². The Bertz CT molecular complexity index is 838. The third-order valence-electron chi connectivity index (χ3n) is 3.32. The van der Waals surface area contributed by atoms with E-state index in [0.29, 0.717) is 22.6 Å². The van der Waals surface area contributed by atoms with Gasteiger partial charge in [0.1, 0.15) is 5.75 Å². The van der Waals surface area contributed by atoms with Crippen molar-refractivity contribution in [3.8, 4) is 23.0 Å². The monoisotopic (exact) mass is 346 g/mol. The zero-order valence-corrected chi connectivity index (χ0v) is 14.0. The van der Waals surface area contributed by atoms with Crippen LogP contribution in [0.2, 0.25) is 0 Å². The highest BCUT2D eigenvalue weighted by Crippen LogP contribution is 2.31. The summed E-state index contributed by atoms with van der Waals surface area (Å²) in [6.45, 7) is 0. The molecule has 0 radical (unpaired) electrons. The molecule has 0 saturated carbocycles. The van der Waals surface area contributed by atoms with Crippen LogP contribution in [0, 0.1) is 5.82 Å². The fraction of sp³-hybridized carbons (Fsp3) is 0.176. The minimum atomic E-state index is -0.393. The standard InChI is InChI=1S/C17H15FN2O3S/c1-21-14-6-4-3-5-12(14)16-19-20-17(23-16)24-10-11-7-8-15(22-2)13(18)9-11/h3-9H,10H2,1-2H3. The van der Waals surface area contributed by atoms with Crippen molar-refractivity contribution in [1.29, 1.82) is 0 Å². The average Bonchev–Trinajstić information content (AvgIpc) is 3.09. The zero-order chi connectivity index (χ0) is 16.9. The third kappa shape index (κ3) is 3.51. The topological polar surface area (TPSA) is 57.4 Å². The minimum absolute atomic E-state index is 0.222. The lowest BCUT2D eigenvalue weighted by Gasteiger charge is -2.04. The number of nitrogens with zero attached hydrogens (tertiary/aromatic N) is 2. The van der Waals surface area contributed by atoms with Crippen LogP contribution < -0.4 is 9.47 Å². The molecule has 24 heavy (non-hydrogen) atoms. The van der Waals surface area contributed by atoms with Crippen LogP contribution in [0.3, 0.4) is 0 Å². The molecule has 0 bridgehead atoms. The molecule has 1 heterocycles. The van der Waals surface area contributed by atoms with Gasteiger partial charge in [0.05, 0.1) is 19.8 Å². The van der Waals surface area contributed by atoms with Crippen molar-refractivity contribution in [3.05, 3.63) is 53.8 Å². The van der Waals surface area contributed by atoms with Crippen LogP contribution in [0.25, 0.3) is 11.5 Å². The SMILES string of the molecule is COc1ccc(CSc2nnc(-c3ccccc3OC)o2)cc1F. The molecule has 2 aromatic carbocycles. The summed E-state index contributed by atoms with van der Waals surface area (Å²) in [4.78, 5) is 0. The summed E-state index contributed by atoms with van der Waals surface area (Å²) in [5, 5.41) is 8.46. The van der Waals surface area contributed by atoms with E-state index in [2.05, 4.69) is 10.2 Å². The van der Waals surface area contributed by atoms with Gasteiger partial charge in [0.15, 0.2) is 11.6 Å². The van der Waals surface area contributed by atoms with Crippen molar-refractivity contribution in [3.63, 3.8) is 0 Å². The lowest BCUT2D eigenvalue weighted by atomic mass is 10.2. The van der Waals surface area contributed by atoms with Crippen LogP contribution in [0.5, 0.6) is 11.5 Å². The Kier molecular flexibility index (Phi) is 5.00. The number of benzene rings is 2. The predicted molar refractivity (Wildman–Crippen MR) is 88.8 cm³/mol. The number of ether oxygens (including phenoxy) is 2. The maximum atomic E-state index is 13.7. The molecule has 0 spiro atoms. The van der Waals surface area contributed by atoms with Gasteiger partial charge >= 0.3 is 0 Å². The summed E-state index contributed by atoms with van der Waals surface area (Å²) in [5.41, 5.74) is 1.53. The lowest BCUT2D eigenvalue weighted by molar-refractivity contribution is 0.386. The van der Waals surface area contributed by atoms with Crippen LogP contribution in [0.1, 0.15) is 5.56 Å². The molecule has 0 aliphatic rings. The number of halogens is 1. The fourth-order valence-corrected chi connectivity index (χ4v) is 2.85. The Balaban J connectivity index is 1.71. The van der Waals surface area contributed by atoms with Gasteiger partial charge in [0.2, 0.25) is 0 Å². The third-order valence-corrected chi connectivity index (χ3v) is 4.21. The fourth-order valence-electron chi connectivity index (χ4n) is 2.14. The van der Waals surface area contributed by atoms with Crippen molar-refractivity contribution < 1.29 is 18.3 Å². The van der Waals surface area contributed by atoms with Gasteiger partial charge in [-0.25, -0.2) is 4.39 Å².